The molecule has 0 aromatic heterocycles. The number of benzene rings is 3. The first-order valence-corrected chi connectivity index (χ1v) is 8.15. The molecule has 3 aromatic rings. The molecule has 0 bridgehead atoms. The quantitative estimate of drug-likeness (QED) is 0.369. The molecule has 0 spiro atoms. The molecular formula is C21H13F3O4. The zero-order chi connectivity index (χ0) is 20.1. The first kappa shape index (κ1) is 19.2. The van der Waals surface area contributed by atoms with Crippen molar-refractivity contribution in [2.24, 2.45) is 0 Å². The second-order valence-electron chi connectivity index (χ2n) is 5.70. The van der Waals surface area contributed by atoms with E-state index in [1.807, 2.05) is 0 Å². The molecule has 0 aliphatic heterocycles. The molecule has 0 atom stereocenters. The van der Waals surface area contributed by atoms with Gasteiger partial charge in [0.25, 0.3) is 0 Å². The lowest BCUT2D eigenvalue weighted by atomic mass is 10.1. The lowest BCUT2D eigenvalue weighted by molar-refractivity contribution is -0.133. The van der Waals surface area contributed by atoms with E-state index in [1.165, 1.54) is 18.2 Å². The highest BCUT2D eigenvalue weighted by Crippen LogP contribution is 2.28. The Bertz CT molecular complexity index is 1020. The largest absolute Gasteiger partial charge is 0.422 e. The molecule has 0 saturated carbocycles. The highest BCUT2D eigenvalue weighted by Gasteiger charge is 2.22. The predicted molar refractivity (Wildman–Crippen MR) is 93.5 cm³/mol. The van der Waals surface area contributed by atoms with Gasteiger partial charge in [-0.25, -0.2) is 18.0 Å². The topological polar surface area (TPSA) is 52.6 Å². The van der Waals surface area contributed by atoms with E-state index in [9.17, 15) is 22.8 Å². The molecule has 142 valence electrons. The molecule has 0 aliphatic carbocycles. The van der Waals surface area contributed by atoms with Crippen LogP contribution in [-0.2, 0) is 11.2 Å². The summed E-state index contributed by atoms with van der Waals surface area (Å²) in [6.45, 7) is 0. The highest BCUT2D eigenvalue weighted by molar-refractivity contribution is 5.91. The Morgan fingerprint density at radius 2 is 1.32 bits per heavy atom. The number of esters is 2. The van der Waals surface area contributed by atoms with Gasteiger partial charge in [0.15, 0.2) is 29.0 Å². The normalized spacial score (nSPS) is 10.4. The predicted octanol–water partition coefficient (Wildman–Crippen LogP) is 4.47. The molecule has 0 heterocycles. The fraction of sp³-hybridized carbons (Fsp3) is 0.0476. The maximum Gasteiger partial charge on any atom is 0.346 e. The Kier molecular flexibility index (Phi) is 5.74. The van der Waals surface area contributed by atoms with Crippen molar-refractivity contribution in [2.45, 2.75) is 6.42 Å². The van der Waals surface area contributed by atoms with Crippen molar-refractivity contribution in [1.82, 2.24) is 0 Å². The summed E-state index contributed by atoms with van der Waals surface area (Å²) < 4.78 is 50.3. The zero-order valence-corrected chi connectivity index (χ0v) is 14.3. The van der Waals surface area contributed by atoms with E-state index in [0.717, 1.165) is 11.6 Å². The Balaban J connectivity index is 1.76. The summed E-state index contributed by atoms with van der Waals surface area (Å²) in [5, 5.41) is 0. The molecule has 0 radical (unpaired) electrons. The van der Waals surface area contributed by atoms with E-state index in [0.29, 0.717) is 6.07 Å². The van der Waals surface area contributed by atoms with Gasteiger partial charge in [0, 0.05) is 0 Å². The maximum absolute atomic E-state index is 13.8. The van der Waals surface area contributed by atoms with Crippen LogP contribution in [0.15, 0.2) is 66.7 Å². The van der Waals surface area contributed by atoms with Crippen LogP contribution >= 0.6 is 0 Å². The van der Waals surface area contributed by atoms with Gasteiger partial charge in [-0.05, 0) is 29.8 Å². The summed E-state index contributed by atoms with van der Waals surface area (Å²) in [6, 6.07) is 16.0. The van der Waals surface area contributed by atoms with Gasteiger partial charge in [0.05, 0.1) is 12.0 Å². The first-order valence-electron chi connectivity index (χ1n) is 8.15. The minimum absolute atomic E-state index is 0.0130. The van der Waals surface area contributed by atoms with Crippen molar-refractivity contribution in [3.05, 3.63) is 95.3 Å². The lowest BCUT2D eigenvalue weighted by Gasteiger charge is -2.11. The van der Waals surface area contributed by atoms with Crippen LogP contribution < -0.4 is 9.47 Å². The van der Waals surface area contributed by atoms with Crippen molar-refractivity contribution in [3.8, 4) is 11.5 Å². The van der Waals surface area contributed by atoms with Gasteiger partial charge in [-0.2, -0.15) is 0 Å². The van der Waals surface area contributed by atoms with Crippen molar-refractivity contribution < 1.29 is 32.2 Å². The van der Waals surface area contributed by atoms with Crippen molar-refractivity contribution in [1.29, 1.82) is 0 Å². The molecule has 0 amide bonds. The lowest BCUT2D eigenvalue weighted by Crippen LogP contribution is -2.15. The number of hydrogen-bond acceptors (Lipinski definition) is 4. The third-order valence-corrected chi connectivity index (χ3v) is 3.72. The summed E-state index contributed by atoms with van der Waals surface area (Å²) >= 11 is 0. The molecule has 3 rings (SSSR count). The SMILES string of the molecule is O=C(Cc1ccccc1)Oc1ccccc1OC(=O)c1ccc(F)c(F)c1F. The number of carbonyl (C=O) groups is 2. The third kappa shape index (κ3) is 4.37. The number of carbonyl (C=O) groups excluding carboxylic acids is 2. The van der Waals surface area contributed by atoms with Gasteiger partial charge >= 0.3 is 11.9 Å². The van der Waals surface area contributed by atoms with Crippen molar-refractivity contribution >= 4 is 11.9 Å². The number of para-hydroxylation sites is 2. The number of ether oxygens (including phenoxy) is 2. The van der Waals surface area contributed by atoms with Gasteiger partial charge in [-0.1, -0.05) is 42.5 Å². The van der Waals surface area contributed by atoms with Crippen LogP contribution in [-0.4, -0.2) is 11.9 Å². The van der Waals surface area contributed by atoms with Crippen LogP contribution in [0.5, 0.6) is 11.5 Å². The number of rotatable bonds is 5. The van der Waals surface area contributed by atoms with E-state index in [1.54, 1.807) is 36.4 Å². The van der Waals surface area contributed by atoms with E-state index >= 15 is 0 Å². The standard InChI is InChI=1S/C21H13F3O4/c22-15-11-10-14(19(23)20(15)24)21(26)28-17-9-5-4-8-16(17)27-18(25)12-13-6-2-1-3-7-13/h1-11H,12H2. The van der Waals surface area contributed by atoms with Crippen LogP contribution in [0.25, 0.3) is 0 Å². The molecule has 0 unspecified atom stereocenters. The van der Waals surface area contributed by atoms with Gasteiger partial charge in [0.2, 0.25) is 0 Å². The fourth-order valence-corrected chi connectivity index (χ4v) is 2.38. The minimum atomic E-state index is -1.78. The second kappa shape index (κ2) is 8.39. The summed E-state index contributed by atoms with van der Waals surface area (Å²) in [4.78, 5) is 24.2. The average Bonchev–Trinajstić information content (AvgIpc) is 2.68. The number of halogens is 3. The van der Waals surface area contributed by atoms with Gasteiger partial charge in [-0.15, -0.1) is 0 Å². The van der Waals surface area contributed by atoms with Crippen molar-refractivity contribution in [3.63, 3.8) is 0 Å². The summed E-state index contributed by atoms with van der Waals surface area (Å²) in [5.41, 5.74) is -0.0600. The van der Waals surface area contributed by atoms with Crippen LogP contribution in [0, 0.1) is 17.5 Å². The van der Waals surface area contributed by atoms with Crippen molar-refractivity contribution in [2.75, 3.05) is 0 Å². The summed E-state index contributed by atoms with van der Waals surface area (Å²) in [7, 11) is 0. The first-order chi connectivity index (χ1) is 13.5. The van der Waals surface area contributed by atoms with Crippen LogP contribution in [0.2, 0.25) is 0 Å². The second-order valence-corrected chi connectivity index (χ2v) is 5.70. The van der Waals surface area contributed by atoms with Gasteiger partial charge in [-0.3, -0.25) is 4.79 Å². The smallest absolute Gasteiger partial charge is 0.346 e. The number of hydrogen-bond donors (Lipinski definition) is 0. The molecule has 4 nitrogen and oxygen atoms in total. The molecule has 7 heteroatoms. The van der Waals surface area contributed by atoms with Crippen LogP contribution in [0.3, 0.4) is 0 Å². The Hall–Kier alpha value is -3.61. The molecule has 3 aromatic carbocycles. The van der Waals surface area contributed by atoms with E-state index in [4.69, 9.17) is 9.47 Å². The summed E-state index contributed by atoms with van der Waals surface area (Å²) in [5.74, 6) is -6.97. The zero-order valence-electron chi connectivity index (χ0n) is 14.3. The molecular weight excluding hydrogens is 373 g/mol. The minimum Gasteiger partial charge on any atom is -0.422 e. The fourth-order valence-electron chi connectivity index (χ4n) is 2.38. The Morgan fingerprint density at radius 3 is 2.00 bits per heavy atom. The molecule has 0 N–H and O–H groups in total. The van der Waals surface area contributed by atoms with Crippen LogP contribution in [0.1, 0.15) is 15.9 Å². The summed E-state index contributed by atoms with van der Waals surface area (Å²) in [6.07, 6.45) is -0.0130. The van der Waals surface area contributed by atoms with E-state index in [2.05, 4.69) is 0 Å². The molecule has 0 aliphatic rings. The highest BCUT2D eigenvalue weighted by atomic mass is 19.2. The third-order valence-electron chi connectivity index (χ3n) is 3.72. The molecule has 0 fully saturated rings. The van der Waals surface area contributed by atoms with Gasteiger partial charge in [0.1, 0.15) is 0 Å². The monoisotopic (exact) mass is 386 g/mol. The average molecular weight is 386 g/mol. The molecule has 0 saturated heterocycles. The van der Waals surface area contributed by atoms with E-state index < -0.39 is 35.0 Å². The maximum atomic E-state index is 13.8. The van der Waals surface area contributed by atoms with E-state index in [-0.39, 0.29) is 17.9 Å². The Morgan fingerprint density at radius 1 is 0.714 bits per heavy atom. The molecule has 28 heavy (non-hydrogen) atoms. The van der Waals surface area contributed by atoms with Gasteiger partial charge < -0.3 is 9.47 Å². The van der Waals surface area contributed by atoms with Crippen LogP contribution in [0.4, 0.5) is 13.2 Å². The Labute approximate surface area is 158 Å².